The SMILES string of the molecule is CCC(=O)N(c1cc(-c2c(Nc3ccccc3)c3c(n2CC(C)(C)C(=O)Nc2cc(-c4[nH]c5c(c4Nc4ccccc4)C(=O)CCC5)ccn2)CCCC3=O)ccn1)C(CCC(N)=O)c1cc(-c2[nH]c3c(c2Nc2ccccc2)C(=O)CCC3)ccn1. The Balaban J connectivity index is 0.928. The normalized spacial score (nSPS) is 14.1. The minimum atomic E-state index is -1.15. The van der Waals surface area contributed by atoms with E-state index in [1.807, 2.05) is 135 Å². The second kappa shape index (κ2) is 24.4. The molecule has 1 atom stereocenters. The van der Waals surface area contributed by atoms with Crippen LogP contribution in [0.3, 0.4) is 0 Å². The van der Waals surface area contributed by atoms with Crippen molar-refractivity contribution in [2.24, 2.45) is 11.1 Å². The van der Waals surface area contributed by atoms with E-state index in [-0.39, 0.29) is 60.8 Å². The highest BCUT2D eigenvalue weighted by atomic mass is 16.2. The number of aromatic nitrogens is 6. The highest BCUT2D eigenvalue weighted by Crippen LogP contribution is 2.46. The largest absolute Gasteiger partial charge is 0.370 e. The van der Waals surface area contributed by atoms with Gasteiger partial charge in [-0.1, -0.05) is 61.5 Å². The maximum Gasteiger partial charge on any atom is 0.232 e. The molecule has 18 heteroatoms. The van der Waals surface area contributed by atoms with Gasteiger partial charge >= 0.3 is 0 Å². The van der Waals surface area contributed by atoms with E-state index in [0.29, 0.717) is 112 Å². The Labute approximate surface area is 503 Å². The summed E-state index contributed by atoms with van der Waals surface area (Å²) in [4.78, 5) is 107. The van der Waals surface area contributed by atoms with E-state index in [9.17, 15) is 24.0 Å². The number of hydrogen-bond acceptors (Lipinski definition) is 12. The predicted molar refractivity (Wildman–Crippen MR) is 338 cm³/mol. The molecule has 6 aromatic heterocycles. The van der Waals surface area contributed by atoms with Gasteiger partial charge in [-0.25, -0.2) is 9.97 Å². The number of aryl methyl sites for hydroxylation is 2. The first-order valence-electron chi connectivity index (χ1n) is 29.8. The van der Waals surface area contributed by atoms with Crippen molar-refractivity contribution in [3.8, 4) is 33.8 Å². The molecule has 1 unspecified atom stereocenters. The molecule has 9 aromatic rings. The molecule has 0 radical (unpaired) electrons. The van der Waals surface area contributed by atoms with Crippen molar-refractivity contribution in [2.75, 3.05) is 26.2 Å². The van der Waals surface area contributed by atoms with Crippen LogP contribution in [0.2, 0.25) is 0 Å². The van der Waals surface area contributed by atoms with Gasteiger partial charge in [0.1, 0.15) is 11.6 Å². The van der Waals surface area contributed by atoms with Gasteiger partial charge < -0.3 is 41.5 Å². The fourth-order valence-corrected chi connectivity index (χ4v) is 12.5. The molecule has 6 heterocycles. The van der Waals surface area contributed by atoms with E-state index in [1.165, 1.54) is 0 Å². The summed E-state index contributed by atoms with van der Waals surface area (Å²) < 4.78 is 2.06. The Morgan fingerprint density at radius 2 is 1.11 bits per heavy atom. The van der Waals surface area contributed by atoms with Crippen molar-refractivity contribution in [3.05, 3.63) is 185 Å². The van der Waals surface area contributed by atoms with Crippen molar-refractivity contribution in [2.45, 2.75) is 110 Å². The molecule has 440 valence electrons. The van der Waals surface area contributed by atoms with Gasteiger partial charge in [-0.05, 0) is 132 Å². The van der Waals surface area contributed by atoms with E-state index in [0.717, 1.165) is 59.0 Å². The van der Waals surface area contributed by atoms with Crippen molar-refractivity contribution in [1.29, 1.82) is 0 Å². The Morgan fingerprint density at radius 3 is 1.68 bits per heavy atom. The van der Waals surface area contributed by atoms with Crippen LogP contribution in [0.25, 0.3) is 33.8 Å². The average Bonchev–Trinajstić information content (AvgIpc) is 1.66. The molecule has 0 saturated heterocycles. The zero-order valence-corrected chi connectivity index (χ0v) is 48.9. The zero-order chi connectivity index (χ0) is 60.3. The van der Waals surface area contributed by atoms with Crippen LogP contribution in [0.15, 0.2) is 146 Å². The number of amides is 3. The van der Waals surface area contributed by atoms with Gasteiger partial charge in [0.2, 0.25) is 17.7 Å². The number of nitrogens with zero attached hydrogens (tertiary/aromatic N) is 5. The third-order valence-corrected chi connectivity index (χ3v) is 16.7. The number of fused-ring (bicyclic) bond motifs is 3. The molecule has 3 aromatic carbocycles. The number of pyridine rings is 3. The molecular formula is C69H68N12O6. The Morgan fingerprint density at radius 1 is 0.609 bits per heavy atom. The number of primary amides is 1. The lowest BCUT2D eigenvalue weighted by Crippen LogP contribution is -2.36. The molecule has 87 heavy (non-hydrogen) atoms. The van der Waals surface area contributed by atoms with Gasteiger partial charge in [0.15, 0.2) is 17.3 Å². The van der Waals surface area contributed by atoms with Gasteiger partial charge in [0.25, 0.3) is 0 Å². The lowest BCUT2D eigenvalue weighted by Gasteiger charge is -2.31. The number of anilines is 8. The van der Waals surface area contributed by atoms with Crippen molar-refractivity contribution in [3.63, 3.8) is 0 Å². The highest BCUT2D eigenvalue weighted by molar-refractivity contribution is 6.10. The number of rotatable bonds is 20. The molecule has 0 saturated carbocycles. The fourth-order valence-electron chi connectivity index (χ4n) is 12.5. The minimum Gasteiger partial charge on any atom is -0.370 e. The molecular weight excluding hydrogens is 1090 g/mol. The second-order valence-corrected chi connectivity index (χ2v) is 23.2. The Hall–Kier alpha value is -10.2. The summed E-state index contributed by atoms with van der Waals surface area (Å²) in [5.41, 5.74) is 17.7. The van der Waals surface area contributed by atoms with Crippen LogP contribution in [0.5, 0.6) is 0 Å². The van der Waals surface area contributed by atoms with Gasteiger partial charge in [-0.15, -0.1) is 0 Å². The first-order valence-corrected chi connectivity index (χ1v) is 29.8. The van der Waals surface area contributed by atoms with Gasteiger partial charge in [-0.3, -0.25) is 38.7 Å². The number of Topliss-reactive ketones (excluding diaryl/α,β-unsaturated/α-hetero) is 3. The van der Waals surface area contributed by atoms with Crippen LogP contribution in [-0.2, 0) is 40.2 Å². The van der Waals surface area contributed by atoms with E-state index in [4.69, 9.17) is 15.7 Å². The van der Waals surface area contributed by atoms with E-state index >= 15 is 4.79 Å². The van der Waals surface area contributed by atoms with Crippen molar-refractivity contribution >= 4 is 80.8 Å². The van der Waals surface area contributed by atoms with Crippen molar-refractivity contribution in [1.82, 2.24) is 29.5 Å². The fraction of sp³-hybridized carbons (Fsp3) is 0.261. The molecule has 0 aliphatic heterocycles. The summed E-state index contributed by atoms with van der Waals surface area (Å²) in [6, 6.07) is 39.1. The second-order valence-electron chi connectivity index (χ2n) is 23.2. The number of benzene rings is 3. The molecule has 3 aliphatic carbocycles. The maximum absolute atomic E-state index is 15.0. The predicted octanol–water partition coefficient (Wildman–Crippen LogP) is 13.5. The topological polar surface area (TPSA) is 255 Å². The summed E-state index contributed by atoms with van der Waals surface area (Å²) in [6.07, 6.45) is 10.2. The molecule has 12 rings (SSSR count). The van der Waals surface area contributed by atoms with Crippen LogP contribution < -0.4 is 31.9 Å². The summed E-state index contributed by atoms with van der Waals surface area (Å²) >= 11 is 0. The number of carbonyl (C=O) groups is 6. The van der Waals surface area contributed by atoms with E-state index < -0.39 is 17.4 Å². The van der Waals surface area contributed by atoms with Crippen LogP contribution in [0.4, 0.5) is 45.8 Å². The standard InChI is InChI=1S/C69H68N12O6/c1-4-58(86)81(50(29-30-55(70)85)49-37-41(31-34-71-49)62-64(74-44-17-8-5-9-18-44)59-47(77-62)23-14-26-52(59)82)57-39-43(33-36-73-57)67-66(76-46-21-12-7-13-22-46)61-51(25-16-28-54(61)84)80(67)40-69(2,3)68(87)79-56-38-42(32-35-72-56)63-65(75-45-19-10-6-11-20-45)60-48(78-63)24-15-27-53(60)83/h5-13,17-22,31-39,50,74-78H,4,14-16,23-30,40H2,1-3H3,(H2,70,85)(H,72,79,87). The number of para-hydroxylation sites is 3. The first-order chi connectivity index (χ1) is 42.2. The summed E-state index contributed by atoms with van der Waals surface area (Å²) in [7, 11) is 0. The average molecular weight is 1160 g/mol. The summed E-state index contributed by atoms with van der Waals surface area (Å²) in [6.45, 7) is 5.58. The number of hydrogen-bond donors (Lipinski definition) is 7. The minimum absolute atomic E-state index is 0.0404. The summed E-state index contributed by atoms with van der Waals surface area (Å²) in [5.74, 6) is -0.572. The number of aromatic amines is 2. The lowest BCUT2D eigenvalue weighted by molar-refractivity contribution is -0.124. The molecule has 0 bridgehead atoms. The molecule has 0 fully saturated rings. The van der Waals surface area contributed by atoms with Gasteiger partial charge in [0, 0.05) is 108 Å². The smallest absolute Gasteiger partial charge is 0.232 e. The molecule has 3 aliphatic rings. The quantitative estimate of drug-likeness (QED) is 0.0376. The van der Waals surface area contributed by atoms with Crippen LogP contribution in [0, 0.1) is 5.41 Å². The number of ketones is 3. The number of nitrogens with two attached hydrogens (primary N) is 1. The molecule has 0 spiro atoms. The monoisotopic (exact) mass is 1160 g/mol. The Bertz CT molecular complexity index is 4130. The third kappa shape index (κ3) is 11.7. The zero-order valence-electron chi connectivity index (χ0n) is 48.9. The number of carbonyl (C=O) groups excluding carboxylic acids is 6. The van der Waals surface area contributed by atoms with Crippen LogP contribution in [-0.4, -0.2) is 64.6 Å². The van der Waals surface area contributed by atoms with Gasteiger partial charge in [-0.2, -0.15) is 0 Å². The van der Waals surface area contributed by atoms with Gasteiger partial charge in [0.05, 0.1) is 68.0 Å². The lowest BCUT2D eigenvalue weighted by atomic mass is 9.91. The van der Waals surface area contributed by atoms with E-state index in [1.54, 1.807) is 36.5 Å². The van der Waals surface area contributed by atoms with Crippen molar-refractivity contribution < 1.29 is 28.8 Å². The summed E-state index contributed by atoms with van der Waals surface area (Å²) in [5, 5.41) is 13.8. The van der Waals surface area contributed by atoms with E-state index in [2.05, 4.69) is 40.8 Å². The first kappa shape index (κ1) is 57.2. The number of nitrogens with one attached hydrogen (secondary N) is 6. The molecule has 8 N–H and O–H groups in total. The Kier molecular flexibility index (Phi) is 16.0. The molecule has 18 nitrogen and oxygen atoms in total. The third-order valence-electron chi connectivity index (χ3n) is 16.7. The maximum atomic E-state index is 15.0. The molecule has 3 amide bonds. The number of H-pyrrole nitrogens is 2. The van der Waals surface area contributed by atoms with Crippen LogP contribution >= 0.6 is 0 Å². The van der Waals surface area contributed by atoms with Crippen LogP contribution in [0.1, 0.15) is 138 Å². The highest BCUT2D eigenvalue weighted by Gasteiger charge is 2.38.